The molecule has 0 radical (unpaired) electrons. The molecule has 0 saturated carbocycles. The first kappa shape index (κ1) is 15.5. The van der Waals surface area contributed by atoms with E-state index >= 15 is 0 Å². The van der Waals surface area contributed by atoms with Gasteiger partial charge in [-0.25, -0.2) is 4.98 Å². The van der Waals surface area contributed by atoms with E-state index in [0.29, 0.717) is 30.3 Å². The third kappa shape index (κ3) is 4.31. The number of hydrogen-bond acceptors (Lipinski definition) is 4. The number of nitrogens with one attached hydrogen (secondary N) is 1. The van der Waals surface area contributed by atoms with E-state index in [4.69, 9.17) is 21.8 Å². The van der Waals surface area contributed by atoms with Crippen LogP contribution in [0, 0.1) is 0 Å². The number of benzene rings is 1. The fourth-order valence-electron chi connectivity index (χ4n) is 1.84. The maximum Gasteiger partial charge on any atom is 0.273 e. The Morgan fingerprint density at radius 2 is 2.33 bits per heavy atom. The van der Waals surface area contributed by atoms with Crippen LogP contribution in [0.4, 0.5) is 0 Å². The van der Waals surface area contributed by atoms with Crippen LogP contribution in [0.3, 0.4) is 0 Å². The van der Waals surface area contributed by atoms with Crippen molar-refractivity contribution in [3.05, 3.63) is 52.7 Å². The van der Waals surface area contributed by atoms with Crippen LogP contribution in [0.5, 0.6) is 0 Å². The lowest BCUT2D eigenvalue weighted by atomic mass is 10.1. The number of nitrogens with two attached hydrogens (primary N) is 1. The predicted molar refractivity (Wildman–Crippen MR) is 81.2 cm³/mol. The van der Waals surface area contributed by atoms with Crippen molar-refractivity contribution in [2.24, 2.45) is 5.73 Å². The van der Waals surface area contributed by atoms with Crippen molar-refractivity contribution in [1.29, 1.82) is 0 Å². The fourth-order valence-corrected chi connectivity index (χ4v) is 2.05. The molecular weight excluding hydrogens is 290 g/mol. The first-order valence-electron chi connectivity index (χ1n) is 6.83. The summed E-state index contributed by atoms with van der Waals surface area (Å²) in [6.45, 7) is 2.43. The smallest absolute Gasteiger partial charge is 0.273 e. The average Bonchev–Trinajstić information content (AvgIpc) is 2.96. The molecule has 1 unspecified atom stereocenters. The van der Waals surface area contributed by atoms with Gasteiger partial charge in [0.1, 0.15) is 6.26 Å². The van der Waals surface area contributed by atoms with E-state index in [1.165, 1.54) is 6.26 Å². The third-order valence-corrected chi connectivity index (χ3v) is 3.33. The summed E-state index contributed by atoms with van der Waals surface area (Å²) in [5, 5.41) is 3.48. The van der Waals surface area contributed by atoms with Gasteiger partial charge in [0, 0.05) is 11.6 Å². The predicted octanol–water partition coefficient (Wildman–Crippen LogP) is 2.71. The van der Waals surface area contributed by atoms with Crippen molar-refractivity contribution < 1.29 is 9.21 Å². The van der Waals surface area contributed by atoms with E-state index in [0.717, 1.165) is 5.56 Å². The molecule has 0 spiro atoms. The lowest BCUT2D eigenvalue weighted by molar-refractivity contribution is 0.0949. The fraction of sp³-hybridized carbons (Fsp3) is 0.333. The van der Waals surface area contributed by atoms with Crippen molar-refractivity contribution in [2.45, 2.75) is 25.8 Å². The Balaban J connectivity index is 1.86. The molecule has 0 aliphatic rings. The topological polar surface area (TPSA) is 81.1 Å². The minimum atomic E-state index is -0.280. The standard InChI is InChI=1S/C15H18ClN3O2/c1-2-12(17)15-19-13(9-21-15)14(20)18-7-6-10-4-3-5-11(16)8-10/h3-5,8-9,12H,2,6-7,17H2,1H3,(H,18,20). The van der Waals surface area contributed by atoms with Crippen LogP contribution in [0.2, 0.25) is 5.02 Å². The SMILES string of the molecule is CCC(N)c1nc(C(=O)NCCc2cccc(Cl)c2)co1. The second-order valence-electron chi connectivity index (χ2n) is 4.72. The number of amides is 1. The van der Waals surface area contributed by atoms with Gasteiger partial charge in [0.15, 0.2) is 5.69 Å². The molecule has 5 nitrogen and oxygen atoms in total. The number of aromatic nitrogens is 1. The monoisotopic (exact) mass is 307 g/mol. The van der Waals surface area contributed by atoms with Crippen molar-refractivity contribution in [3.63, 3.8) is 0 Å². The van der Waals surface area contributed by atoms with Crippen LogP contribution in [-0.4, -0.2) is 17.4 Å². The molecule has 2 aromatic rings. The Kier molecular flexibility index (Phi) is 5.36. The molecule has 2 rings (SSSR count). The summed E-state index contributed by atoms with van der Waals surface area (Å²) in [5.74, 6) is 0.118. The van der Waals surface area contributed by atoms with Crippen molar-refractivity contribution in [2.75, 3.05) is 6.54 Å². The number of carbonyl (C=O) groups excluding carboxylic acids is 1. The van der Waals surface area contributed by atoms with Gasteiger partial charge in [-0.3, -0.25) is 4.79 Å². The van der Waals surface area contributed by atoms with Gasteiger partial charge in [-0.2, -0.15) is 0 Å². The second-order valence-corrected chi connectivity index (χ2v) is 5.16. The molecule has 21 heavy (non-hydrogen) atoms. The van der Waals surface area contributed by atoms with Gasteiger partial charge in [0.25, 0.3) is 5.91 Å². The normalized spacial score (nSPS) is 12.1. The van der Waals surface area contributed by atoms with Crippen LogP contribution >= 0.6 is 11.6 Å². The molecule has 1 atom stereocenters. The van der Waals surface area contributed by atoms with Crippen LogP contribution in [-0.2, 0) is 6.42 Å². The van der Waals surface area contributed by atoms with Gasteiger partial charge in [-0.15, -0.1) is 0 Å². The van der Waals surface area contributed by atoms with Crippen LogP contribution < -0.4 is 11.1 Å². The number of halogens is 1. The molecule has 1 amide bonds. The van der Waals surface area contributed by atoms with Gasteiger partial charge >= 0.3 is 0 Å². The van der Waals surface area contributed by atoms with Gasteiger partial charge in [-0.1, -0.05) is 30.7 Å². The zero-order valence-electron chi connectivity index (χ0n) is 11.8. The van der Waals surface area contributed by atoms with Crippen LogP contribution in [0.15, 0.2) is 34.9 Å². The molecule has 0 bridgehead atoms. The number of rotatable bonds is 6. The summed E-state index contributed by atoms with van der Waals surface area (Å²) >= 11 is 5.91. The van der Waals surface area contributed by atoms with Gasteiger partial charge < -0.3 is 15.5 Å². The molecule has 112 valence electrons. The number of nitrogens with zero attached hydrogens (tertiary/aromatic N) is 1. The lowest BCUT2D eigenvalue weighted by Crippen LogP contribution is -2.26. The third-order valence-electron chi connectivity index (χ3n) is 3.10. The molecule has 3 N–H and O–H groups in total. The second kappa shape index (κ2) is 7.24. The zero-order chi connectivity index (χ0) is 15.2. The summed E-state index contributed by atoms with van der Waals surface area (Å²) in [6, 6.07) is 7.26. The average molecular weight is 308 g/mol. The van der Waals surface area contributed by atoms with Gasteiger partial charge in [0.05, 0.1) is 6.04 Å². The maximum atomic E-state index is 11.9. The Bertz CT molecular complexity index is 612. The summed E-state index contributed by atoms with van der Waals surface area (Å²) < 4.78 is 5.20. The Hall–Kier alpha value is -1.85. The van der Waals surface area contributed by atoms with E-state index in [2.05, 4.69) is 10.3 Å². The van der Waals surface area contributed by atoms with Crippen molar-refractivity contribution in [1.82, 2.24) is 10.3 Å². The highest BCUT2D eigenvalue weighted by molar-refractivity contribution is 6.30. The molecule has 0 saturated heterocycles. The van der Waals surface area contributed by atoms with E-state index in [9.17, 15) is 4.79 Å². The summed E-state index contributed by atoms with van der Waals surface area (Å²) in [6.07, 6.45) is 2.74. The molecule has 0 aliphatic heterocycles. The number of hydrogen-bond donors (Lipinski definition) is 2. The van der Waals surface area contributed by atoms with E-state index in [1.54, 1.807) is 0 Å². The van der Waals surface area contributed by atoms with Gasteiger partial charge in [0.2, 0.25) is 5.89 Å². The Labute approximate surface area is 128 Å². The minimum absolute atomic E-state index is 0.250. The highest BCUT2D eigenvalue weighted by Crippen LogP contribution is 2.13. The molecule has 1 aromatic carbocycles. The summed E-state index contributed by atoms with van der Waals surface area (Å²) in [4.78, 5) is 16.0. The number of carbonyl (C=O) groups is 1. The highest BCUT2D eigenvalue weighted by atomic mass is 35.5. The molecular formula is C15H18ClN3O2. The molecule has 1 heterocycles. The number of oxazole rings is 1. The molecule has 6 heteroatoms. The maximum absolute atomic E-state index is 11.9. The molecule has 1 aromatic heterocycles. The van der Waals surface area contributed by atoms with Crippen LogP contribution in [0.1, 0.15) is 41.3 Å². The quantitative estimate of drug-likeness (QED) is 0.859. The molecule has 0 aliphatic carbocycles. The Morgan fingerprint density at radius 1 is 1.52 bits per heavy atom. The molecule has 0 fully saturated rings. The van der Waals surface area contributed by atoms with Crippen LogP contribution in [0.25, 0.3) is 0 Å². The first-order valence-corrected chi connectivity index (χ1v) is 7.21. The zero-order valence-corrected chi connectivity index (χ0v) is 12.6. The minimum Gasteiger partial charge on any atom is -0.446 e. The highest BCUT2D eigenvalue weighted by Gasteiger charge is 2.15. The van der Waals surface area contributed by atoms with Crippen molar-refractivity contribution in [3.8, 4) is 0 Å². The van der Waals surface area contributed by atoms with Gasteiger partial charge in [-0.05, 0) is 30.5 Å². The van der Waals surface area contributed by atoms with E-state index in [1.807, 2.05) is 31.2 Å². The largest absolute Gasteiger partial charge is 0.446 e. The van der Waals surface area contributed by atoms with E-state index < -0.39 is 0 Å². The van der Waals surface area contributed by atoms with Crippen molar-refractivity contribution >= 4 is 17.5 Å². The lowest BCUT2D eigenvalue weighted by Gasteiger charge is -2.04. The first-order chi connectivity index (χ1) is 10.1. The summed E-state index contributed by atoms with van der Waals surface area (Å²) in [7, 11) is 0. The summed E-state index contributed by atoms with van der Waals surface area (Å²) in [5.41, 5.74) is 7.11. The Morgan fingerprint density at radius 3 is 3.05 bits per heavy atom. The van der Waals surface area contributed by atoms with E-state index in [-0.39, 0.29) is 17.6 Å².